The summed E-state index contributed by atoms with van der Waals surface area (Å²) in [6.45, 7) is 4.88. The zero-order chi connectivity index (χ0) is 20.2. The van der Waals surface area contributed by atoms with Gasteiger partial charge in [0.25, 0.3) is 5.91 Å². The molecule has 0 saturated carbocycles. The number of nitrogens with one attached hydrogen (secondary N) is 1. The number of ether oxygens (including phenoxy) is 4. The highest BCUT2D eigenvalue weighted by atomic mass is 16.5. The maximum atomic E-state index is 11.9. The summed E-state index contributed by atoms with van der Waals surface area (Å²) in [5.41, 5.74) is 3.20. The fraction of sp³-hybridized carbons (Fsp3) is 0.333. The number of hydrazone groups is 1. The van der Waals surface area contributed by atoms with Crippen molar-refractivity contribution in [3.05, 3.63) is 48.0 Å². The van der Waals surface area contributed by atoms with Crippen LogP contribution in [-0.4, -0.2) is 39.1 Å². The minimum Gasteiger partial charge on any atom is -0.493 e. The van der Waals surface area contributed by atoms with Crippen LogP contribution in [0.4, 0.5) is 0 Å². The Kier molecular flexibility index (Phi) is 8.65. The summed E-state index contributed by atoms with van der Waals surface area (Å²) in [7, 11) is 1.58. The van der Waals surface area contributed by atoms with Gasteiger partial charge in [0.15, 0.2) is 29.6 Å². The molecule has 2 rings (SSSR count). The Balaban J connectivity index is 1.88. The smallest absolute Gasteiger partial charge is 0.277 e. The molecule has 7 heteroatoms. The molecule has 0 heterocycles. The molecule has 1 amide bonds. The van der Waals surface area contributed by atoms with Crippen molar-refractivity contribution in [2.75, 3.05) is 26.9 Å². The van der Waals surface area contributed by atoms with Gasteiger partial charge in [-0.3, -0.25) is 4.79 Å². The summed E-state index contributed by atoms with van der Waals surface area (Å²) in [4.78, 5) is 11.9. The number of nitrogens with zero attached hydrogens (tertiary/aromatic N) is 1. The summed E-state index contributed by atoms with van der Waals surface area (Å²) >= 11 is 0. The molecule has 0 saturated heterocycles. The molecular weight excluding hydrogens is 360 g/mol. The predicted octanol–water partition coefficient (Wildman–Crippen LogP) is 3.41. The molecule has 0 atom stereocenters. The third-order valence-corrected chi connectivity index (χ3v) is 3.56. The number of methoxy groups -OCH3 is 1. The summed E-state index contributed by atoms with van der Waals surface area (Å²) in [6, 6.07) is 12.6. The summed E-state index contributed by atoms with van der Waals surface area (Å²) < 4.78 is 21.9. The van der Waals surface area contributed by atoms with Gasteiger partial charge >= 0.3 is 0 Å². The molecule has 2 aromatic carbocycles. The predicted molar refractivity (Wildman–Crippen MR) is 108 cm³/mol. The SMILES string of the molecule is CCCOc1ccc(C=NNC(=O)COc2ccccc2OCC)cc1OC. The molecule has 0 aliphatic carbocycles. The monoisotopic (exact) mass is 386 g/mol. The third kappa shape index (κ3) is 6.50. The molecule has 0 radical (unpaired) electrons. The summed E-state index contributed by atoms with van der Waals surface area (Å²) in [6.07, 6.45) is 2.44. The number of para-hydroxylation sites is 2. The fourth-order valence-electron chi connectivity index (χ4n) is 2.29. The van der Waals surface area contributed by atoms with Crippen LogP contribution >= 0.6 is 0 Å². The molecule has 0 spiro atoms. The first kappa shape index (κ1) is 21.1. The normalized spacial score (nSPS) is 10.5. The Labute approximate surface area is 165 Å². The van der Waals surface area contributed by atoms with Gasteiger partial charge in [-0.15, -0.1) is 0 Å². The van der Waals surface area contributed by atoms with Gasteiger partial charge in [0.05, 0.1) is 26.5 Å². The van der Waals surface area contributed by atoms with Crippen molar-refractivity contribution in [2.24, 2.45) is 5.10 Å². The Morgan fingerprint density at radius 2 is 1.71 bits per heavy atom. The summed E-state index contributed by atoms with van der Waals surface area (Å²) in [5.74, 6) is 2.01. The number of hydrogen-bond acceptors (Lipinski definition) is 6. The minimum atomic E-state index is -0.377. The van der Waals surface area contributed by atoms with E-state index in [1.807, 2.05) is 38.1 Å². The van der Waals surface area contributed by atoms with E-state index in [1.165, 1.54) is 6.21 Å². The van der Waals surface area contributed by atoms with Crippen molar-refractivity contribution in [2.45, 2.75) is 20.3 Å². The number of benzene rings is 2. The molecular formula is C21H26N2O5. The first-order valence-corrected chi connectivity index (χ1v) is 9.15. The highest BCUT2D eigenvalue weighted by Gasteiger charge is 2.07. The average Bonchev–Trinajstić information content (AvgIpc) is 2.72. The Hall–Kier alpha value is -3.22. The Morgan fingerprint density at radius 1 is 1.00 bits per heavy atom. The van der Waals surface area contributed by atoms with Crippen LogP contribution in [0, 0.1) is 0 Å². The Bertz CT molecular complexity index is 792. The van der Waals surface area contributed by atoms with E-state index < -0.39 is 0 Å². The van der Waals surface area contributed by atoms with Gasteiger partial charge in [-0.2, -0.15) is 5.10 Å². The number of rotatable bonds is 11. The molecule has 0 aromatic heterocycles. The van der Waals surface area contributed by atoms with Crippen LogP contribution in [0.1, 0.15) is 25.8 Å². The lowest BCUT2D eigenvalue weighted by Crippen LogP contribution is -2.24. The zero-order valence-corrected chi connectivity index (χ0v) is 16.4. The lowest BCUT2D eigenvalue weighted by molar-refractivity contribution is -0.123. The van der Waals surface area contributed by atoms with E-state index in [-0.39, 0.29) is 12.5 Å². The van der Waals surface area contributed by atoms with Crippen LogP contribution in [-0.2, 0) is 4.79 Å². The molecule has 0 fully saturated rings. The quantitative estimate of drug-likeness (QED) is 0.473. The second kappa shape index (κ2) is 11.5. The van der Waals surface area contributed by atoms with Gasteiger partial charge < -0.3 is 18.9 Å². The van der Waals surface area contributed by atoms with Crippen molar-refractivity contribution >= 4 is 12.1 Å². The van der Waals surface area contributed by atoms with Crippen molar-refractivity contribution in [3.63, 3.8) is 0 Å². The van der Waals surface area contributed by atoms with Crippen LogP contribution in [0.15, 0.2) is 47.6 Å². The van der Waals surface area contributed by atoms with Crippen LogP contribution in [0.25, 0.3) is 0 Å². The van der Waals surface area contributed by atoms with E-state index >= 15 is 0 Å². The van der Waals surface area contributed by atoms with E-state index in [2.05, 4.69) is 10.5 Å². The zero-order valence-electron chi connectivity index (χ0n) is 16.4. The van der Waals surface area contributed by atoms with Gasteiger partial charge in [-0.25, -0.2) is 5.43 Å². The highest BCUT2D eigenvalue weighted by molar-refractivity contribution is 5.83. The average molecular weight is 386 g/mol. The number of carbonyl (C=O) groups is 1. The third-order valence-electron chi connectivity index (χ3n) is 3.56. The van der Waals surface area contributed by atoms with Crippen LogP contribution < -0.4 is 24.4 Å². The topological polar surface area (TPSA) is 78.4 Å². The van der Waals surface area contributed by atoms with Crippen LogP contribution in [0.2, 0.25) is 0 Å². The maximum Gasteiger partial charge on any atom is 0.277 e. The van der Waals surface area contributed by atoms with E-state index in [4.69, 9.17) is 18.9 Å². The lowest BCUT2D eigenvalue weighted by atomic mass is 10.2. The molecule has 7 nitrogen and oxygen atoms in total. The summed E-state index contributed by atoms with van der Waals surface area (Å²) in [5, 5.41) is 3.95. The van der Waals surface area contributed by atoms with Gasteiger partial charge in [0.2, 0.25) is 0 Å². The van der Waals surface area contributed by atoms with E-state index in [0.29, 0.717) is 36.2 Å². The standard InChI is InChI=1S/C21H26N2O5/c1-4-12-27-19-11-10-16(13-20(19)25-3)14-22-23-21(24)15-28-18-9-7-6-8-17(18)26-5-2/h6-11,13-14H,4-5,12,15H2,1-3H3,(H,23,24). The molecule has 0 aliphatic rings. The van der Waals surface area contributed by atoms with Crippen molar-refractivity contribution in [1.29, 1.82) is 0 Å². The number of amides is 1. The molecule has 28 heavy (non-hydrogen) atoms. The van der Waals surface area contributed by atoms with E-state index in [1.54, 1.807) is 25.3 Å². The molecule has 0 bridgehead atoms. The second-order valence-electron chi connectivity index (χ2n) is 5.72. The molecule has 1 N–H and O–H groups in total. The van der Waals surface area contributed by atoms with Crippen molar-refractivity contribution < 1.29 is 23.7 Å². The fourth-order valence-corrected chi connectivity index (χ4v) is 2.29. The van der Waals surface area contributed by atoms with Crippen LogP contribution in [0.5, 0.6) is 23.0 Å². The molecule has 0 aliphatic heterocycles. The number of hydrogen-bond donors (Lipinski definition) is 1. The maximum absolute atomic E-state index is 11.9. The number of carbonyl (C=O) groups excluding carboxylic acids is 1. The lowest BCUT2D eigenvalue weighted by Gasteiger charge is -2.11. The van der Waals surface area contributed by atoms with Gasteiger partial charge in [-0.1, -0.05) is 19.1 Å². The van der Waals surface area contributed by atoms with Gasteiger partial charge in [0.1, 0.15) is 0 Å². The van der Waals surface area contributed by atoms with Gasteiger partial charge in [0, 0.05) is 0 Å². The van der Waals surface area contributed by atoms with Gasteiger partial charge in [-0.05, 0) is 49.2 Å². The minimum absolute atomic E-state index is 0.172. The second-order valence-corrected chi connectivity index (χ2v) is 5.72. The highest BCUT2D eigenvalue weighted by Crippen LogP contribution is 2.28. The molecule has 2 aromatic rings. The molecule has 0 unspecified atom stereocenters. The van der Waals surface area contributed by atoms with Crippen LogP contribution in [0.3, 0.4) is 0 Å². The largest absolute Gasteiger partial charge is 0.493 e. The first-order chi connectivity index (χ1) is 13.7. The van der Waals surface area contributed by atoms with Crippen molar-refractivity contribution in [1.82, 2.24) is 5.43 Å². The van der Waals surface area contributed by atoms with Crippen molar-refractivity contribution in [3.8, 4) is 23.0 Å². The molecule has 150 valence electrons. The van der Waals surface area contributed by atoms with E-state index in [9.17, 15) is 4.79 Å². The van der Waals surface area contributed by atoms with E-state index in [0.717, 1.165) is 12.0 Å². The first-order valence-electron chi connectivity index (χ1n) is 9.15. The Morgan fingerprint density at radius 3 is 2.39 bits per heavy atom.